The van der Waals surface area contributed by atoms with Crippen LogP contribution in [0, 0.1) is 0 Å². The van der Waals surface area contributed by atoms with Gasteiger partial charge >= 0.3 is 17.6 Å². The molecule has 0 aromatic heterocycles. The fraction of sp³-hybridized carbons (Fsp3) is 0. The monoisotopic (exact) mass is 378 g/mol. The van der Waals surface area contributed by atoms with Gasteiger partial charge in [0.2, 0.25) is 0 Å². The normalized spacial score (nSPS) is 5.65. The van der Waals surface area contributed by atoms with Crippen LogP contribution in [0.3, 0.4) is 0 Å². The van der Waals surface area contributed by atoms with E-state index >= 15 is 0 Å². The van der Waals surface area contributed by atoms with Crippen molar-refractivity contribution in [2.24, 2.45) is 22.9 Å². The molecule has 0 aliphatic rings. The van der Waals surface area contributed by atoms with Crippen LogP contribution in [0.2, 0.25) is 0 Å². The van der Waals surface area contributed by atoms with Gasteiger partial charge in [0.1, 0.15) is 0 Å². The topological polar surface area (TPSA) is 172 Å². The predicted octanol–water partition coefficient (Wildman–Crippen LogP) is -1.93. The minimum absolute atomic E-state index is 0. The molecule has 0 radical (unpaired) electrons. The summed E-state index contributed by atoms with van der Waals surface area (Å²) in [4.78, 5) is 36.1. The van der Waals surface area contributed by atoms with E-state index in [1.807, 2.05) is 0 Å². The van der Waals surface area contributed by atoms with E-state index in [0.29, 0.717) is 0 Å². The number of hydrogen-bond donors (Lipinski definition) is 4. The van der Waals surface area contributed by atoms with Crippen LogP contribution in [0.5, 0.6) is 0 Å². The Morgan fingerprint density at radius 3 is 0.529 bits per heavy atom. The van der Waals surface area contributed by atoms with Crippen molar-refractivity contribution in [1.29, 1.82) is 0 Å². The van der Waals surface area contributed by atoms with E-state index in [-0.39, 0.29) is 17.6 Å². The van der Waals surface area contributed by atoms with E-state index in [9.17, 15) is 0 Å². The van der Waals surface area contributed by atoms with E-state index in [1.165, 1.54) is 0 Å². The van der Waals surface area contributed by atoms with Gasteiger partial charge in [-0.2, -0.15) is 0 Å². The summed E-state index contributed by atoms with van der Waals surface area (Å²) in [5.74, 6) is 0. The summed E-state index contributed by atoms with van der Waals surface area (Å²) >= 11 is 15.0. The summed E-state index contributed by atoms with van der Waals surface area (Å²) in [6.45, 7) is 0. The molecule has 0 aliphatic heterocycles. The average molecular weight is 377 g/mol. The first-order valence-corrected chi connectivity index (χ1v) is 4.42. The van der Waals surface area contributed by atoms with Gasteiger partial charge in [0.05, 0.1) is 21.0 Å². The molecule has 0 aromatic rings. The van der Waals surface area contributed by atoms with Gasteiger partial charge in [-0.25, -0.2) is 0 Å². The van der Waals surface area contributed by atoms with Crippen molar-refractivity contribution >= 4 is 89.1 Å². The van der Waals surface area contributed by atoms with E-state index in [1.54, 1.807) is 0 Å². The van der Waals surface area contributed by atoms with E-state index < -0.39 is 21.0 Å². The fourth-order valence-corrected chi connectivity index (χ4v) is 0. The smallest absolute Gasteiger partial charge is 0.719 e. The number of hydrogen-bond acceptors (Lipinski definition) is 8. The first-order chi connectivity index (χ1) is 6.93. The summed E-state index contributed by atoms with van der Waals surface area (Å²) < 4.78 is 0. The maximum absolute atomic E-state index is 9.04. The molecule has 0 heterocycles. The maximum atomic E-state index is 9.04. The molecule has 13 heteroatoms. The number of rotatable bonds is 0. The van der Waals surface area contributed by atoms with Gasteiger partial charge in [0.25, 0.3) is 0 Å². The third-order valence-corrected chi connectivity index (χ3v) is 0. The molecule has 0 unspecified atom stereocenters. The quantitative estimate of drug-likeness (QED) is 0.279. The van der Waals surface area contributed by atoms with Crippen molar-refractivity contribution in [3.8, 4) is 0 Å². The Morgan fingerprint density at radius 1 is 0.529 bits per heavy atom. The van der Waals surface area contributed by atoms with Crippen LogP contribution in [-0.4, -0.2) is 38.6 Å². The summed E-state index contributed by atoms with van der Waals surface area (Å²) in [7, 11) is 0. The zero-order valence-corrected chi connectivity index (χ0v) is 13.4. The van der Waals surface area contributed by atoms with Crippen LogP contribution in [0.15, 0.2) is 0 Å². The Hall–Kier alpha value is -0.697. The molecule has 96 valence electrons. The summed E-state index contributed by atoms with van der Waals surface area (Å²) in [6.07, 6.45) is 0. The Morgan fingerprint density at radius 2 is 0.529 bits per heavy atom. The zero-order valence-electron chi connectivity index (χ0n) is 8.08. The molecule has 17 heavy (non-hydrogen) atoms. The number of carbonyl (C=O) groups excluding carboxylic acids is 4. The van der Waals surface area contributed by atoms with Gasteiger partial charge in [0.15, 0.2) is 0 Å². The second kappa shape index (κ2) is 24.5. The van der Waals surface area contributed by atoms with Crippen molar-refractivity contribution in [3.05, 3.63) is 0 Å². The van der Waals surface area contributed by atoms with E-state index in [0.717, 1.165) is 0 Å². The predicted molar refractivity (Wildman–Crippen MR) is 73.5 cm³/mol. The Bertz CT molecular complexity index is 178. The van der Waals surface area contributed by atoms with Crippen LogP contribution in [0.25, 0.3) is 0 Å². The number of nitrogens with two attached hydrogens (primary N) is 4. The standard InChI is InChI=1S/4CH3NOS.Ge/c4*2-1(3)4;/h4*(H3,2,3,4);/q;;;;+4/p-4. The molecule has 0 atom stereocenters. The second-order valence-corrected chi connectivity index (χ2v) is 2.89. The van der Waals surface area contributed by atoms with Gasteiger partial charge in [-0.1, -0.05) is 0 Å². The third kappa shape index (κ3) is 5570. The van der Waals surface area contributed by atoms with Crippen molar-refractivity contribution in [1.82, 2.24) is 0 Å². The van der Waals surface area contributed by atoms with Crippen LogP contribution >= 0.6 is 0 Å². The summed E-state index contributed by atoms with van der Waals surface area (Å²) in [5, 5.41) is -3.00. The number of carbonyl (C=O) groups is 4. The second-order valence-electron chi connectivity index (χ2n) is 1.28. The molecule has 8 N–H and O–H groups in total. The summed E-state index contributed by atoms with van der Waals surface area (Å²) in [5.41, 5.74) is 17.1. The molecule has 0 saturated carbocycles. The third-order valence-electron chi connectivity index (χ3n) is 0. The van der Waals surface area contributed by atoms with Crippen LogP contribution in [0.4, 0.5) is 19.2 Å². The van der Waals surface area contributed by atoms with Crippen molar-refractivity contribution in [3.63, 3.8) is 0 Å². The molecule has 0 rings (SSSR count). The molecule has 4 amide bonds. The van der Waals surface area contributed by atoms with E-state index in [4.69, 9.17) is 19.2 Å². The van der Waals surface area contributed by atoms with Crippen LogP contribution in [0.1, 0.15) is 0 Å². The largest absolute Gasteiger partial charge is 4.00 e. The molecule has 0 fully saturated rings. The molecule has 0 bridgehead atoms. The van der Waals surface area contributed by atoms with Gasteiger partial charge in [-0.05, 0) is 0 Å². The Labute approximate surface area is 131 Å². The Kier molecular flexibility index (Phi) is 43.1. The van der Waals surface area contributed by atoms with Gasteiger partial charge in [-0.15, -0.1) is 0 Å². The Balaban J connectivity index is -0.0000000369. The average Bonchev–Trinajstić information content (AvgIpc) is 1.76. The molecule has 0 saturated heterocycles. The van der Waals surface area contributed by atoms with Crippen molar-refractivity contribution in [2.75, 3.05) is 0 Å². The first-order valence-electron chi connectivity index (χ1n) is 2.79. The van der Waals surface area contributed by atoms with Gasteiger partial charge in [-0.3, -0.25) is 0 Å². The van der Waals surface area contributed by atoms with Crippen molar-refractivity contribution < 1.29 is 19.2 Å². The molecule has 8 nitrogen and oxygen atoms in total. The van der Waals surface area contributed by atoms with Crippen LogP contribution in [-0.2, 0) is 50.5 Å². The molecule has 0 aromatic carbocycles. The van der Waals surface area contributed by atoms with Crippen molar-refractivity contribution in [2.45, 2.75) is 0 Å². The number of amides is 4. The fourth-order valence-electron chi connectivity index (χ4n) is 0. The summed E-state index contributed by atoms with van der Waals surface area (Å²) in [6, 6.07) is 0. The molecule has 0 spiro atoms. The molecular weight excluding hydrogens is 369 g/mol. The molecule has 0 aliphatic carbocycles. The van der Waals surface area contributed by atoms with E-state index in [2.05, 4.69) is 73.4 Å². The molecular formula is C4H8GeN4O4S4. The zero-order chi connectivity index (χ0) is 14.3. The minimum Gasteiger partial charge on any atom is -0.719 e. The minimum atomic E-state index is -0.750. The first kappa shape index (κ1) is 29.9. The number of primary amides is 4. The van der Waals surface area contributed by atoms with Crippen LogP contribution < -0.4 is 22.9 Å². The van der Waals surface area contributed by atoms with Gasteiger partial charge < -0.3 is 92.6 Å². The maximum Gasteiger partial charge on any atom is 4.00 e. The SMILES string of the molecule is NC(=O)[S-].NC(=O)[S-].NC(=O)[S-].NC(=O)[S-].[Ge+4]. The van der Waals surface area contributed by atoms with Gasteiger partial charge in [0, 0.05) is 0 Å².